The number of nitrogens with zero attached hydrogens (tertiary/aromatic N) is 2. The molecular weight excluding hydrogens is 463 g/mol. The first-order valence-corrected chi connectivity index (χ1v) is 10.3. The molecule has 1 aromatic carbocycles. The molecule has 0 amide bonds. The van der Waals surface area contributed by atoms with Crippen molar-refractivity contribution in [1.82, 2.24) is 15.5 Å². The summed E-state index contributed by atoms with van der Waals surface area (Å²) in [5.41, 5.74) is 2.93. The quantitative estimate of drug-likeness (QED) is 0.288. The summed E-state index contributed by atoms with van der Waals surface area (Å²) in [6, 6.07) is 8.76. The summed E-state index contributed by atoms with van der Waals surface area (Å²) in [4.78, 5) is 6.98. The van der Waals surface area contributed by atoms with Gasteiger partial charge in [0.2, 0.25) is 0 Å². The van der Waals surface area contributed by atoms with Crippen LogP contribution >= 0.6 is 24.0 Å². The van der Waals surface area contributed by atoms with Crippen LogP contribution in [0.1, 0.15) is 50.2 Å². The van der Waals surface area contributed by atoms with Gasteiger partial charge < -0.3 is 20.3 Å². The summed E-state index contributed by atoms with van der Waals surface area (Å²) in [7, 11) is 5.98. The second-order valence-electron chi connectivity index (χ2n) is 8.05. The number of methoxy groups -OCH3 is 1. The van der Waals surface area contributed by atoms with Crippen molar-refractivity contribution in [3.05, 3.63) is 35.4 Å². The van der Waals surface area contributed by atoms with Crippen LogP contribution in [0.4, 0.5) is 0 Å². The van der Waals surface area contributed by atoms with Gasteiger partial charge in [-0.25, -0.2) is 4.99 Å². The van der Waals surface area contributed by atoms with Gasteiger partial charge in [-0.1, -0.05) is 37.1 Å². The molecule has 1 saturated carbocycles. The maximum Gasteiger partial charge on any atom is 0.191 e. The van der Waals surface area contributed by atoms with E-state index in [1.54, 1.807) is 7.11 Å². The minimum Gasteiger partial charge on any atom is -0.385 e. The van der Waals surface area contributed by atoms with Gasteiger partial charge in [0.25, 0.3) is 0 Å². The van der Waals surface area contributed by atoms with Crippen LogP contribution in [-0.2, 0) is 17.8 Å². The van der Waals surface area contributed by atoms with E-state index in [1.165, 1.54) is 36.8 Å². The Morgan fingerprint density at radius 1 is 1.11 bits per heavy atom. The lowest BCUT2D eigenvalue weighted by Gasteiger charge is -2.30. The summed E-state index contributed by atoms with van der Waals surface area (Å²) >= 11 is 0. The zero-order chi connectivity index (χ0) is 19.5. The van der Waals surface area contributed by atoms with Gasteiger partial charge in [-0.15, -0.1) is 24.0 Å². The SMILES string of the molecule is CCNC(=NCc1ccc(CN(C)C)cc1)NCC1(CCOC)CCCC1.I. The van der Waals surface area contributed by atoms with E-state index in [0.29, 0.717) is 12.0 Å². The van der Waals surface area contributed by atoms with Crippen LogP contribution in [0.25, 0.3) is 0 Å². The molecule has 0 unspecified atom stereocenters. The lowest BCUT2D eigenvalue weighted by atomic mass is 9.83. The normalized spacial score (nSPS) is 16.1. The molecular formula is C22H39IN4O. The molecule has 0 heterocycles. The highest BCUT2D eigenvalue weighted by Gasteiger charge is 2.33. The van der Waals surface area contributed by atoms with E-state index in [0.717, 1.165) is 38.6 Å². The summed E-state index contributed by atoms with van der Waals surface area (Å²) in [6.07, 6.45) is 6.37. The van der Waals surface area contributed by atoms with Crippen LogP contribution in [0.3, 0.4) is 0 Å². The van der Waals surface area contributed by atoms with Crippen LogP contribution in [0.5, 0.6) is 0 Å². The second-order valence-corrected chi connectivity index (χ2v) is 8.05. The maximum atomic E-state index is 5.35. The zero-order valence-corrected chi connectivity index (χ0v) is 20.4. The van der Waals surface area contributed by atoms with Crippen LogP contribution in [-0.4, -0.2) is 51.8 Å². The molecule has 0 atom stereocenters. The number of aliphatic imine (C=N–C) groups is 1. The van der Waals surface area contributed by atoms with Gasteiger partial charge in [-0.05, 0) is 56.8 Å². The summed E-state index contributed by atoms with van der Waals surface area (Å²) in [5.74, 6) is 0.915. The first-order chi connectivity index (χ1) is 13.1. The Morgan fingerprint density at radius 2 is 1.75 bits per heavy atom. The molecule has 0 aliphatic heterocycles. The smallest absolute Gasteiger partial charge is 0.191 e. The monoisotopic (exact) mass is 502 g/mol. The number of rotatable bonds is 10. The molecule has 0 aromatic heterocycles. The summed E-state index contributed by atoms with van der Waals surface area (Å²) in [5, 5.41) is 6.99. The lowest BCUT2D eigenvalue weighted by Crippen LogP contribution is -2.43. The Balaban J connectivity index is 0.00000392. The summed E-state index contributed by atoms with van der Waals surface area (Å²) in [6.45, 7) is 6.47. The van der Waals surface area contributed by atoms with E-state index in [4.69, 9.17) is 9.73 Å². The average Bonchev–Trinajstić information content (AvgIpc) is 3.12. The van der Waals surface area contributed by atoms with Crippen molar-refractivity contribution in [3.63, 3.8) is 0 Å². The Kier molecular flexibility index (Phi) is 12.0. The van der Waals surface area contributed by atoms with E-state index in [9.17, 15) is 0 Å². The minimum atomic E-state index is 0. The Bertz CT molecular complexity index is 568. The molecule has 5 nitrogen and oxygen atoms in total. The standard InChI is InChI=1S/C22H38N4O.HI/c1-5-23-21(25-18-22(14-15-27-4)12-6-7-13-22)24-16-19-8-10-20(11-9-19)17-26(2)3;/h8-11H,5-7,12-18H2,1-4H3,(H2,23,24,25);1H. The number of ether oxygens (including phenoxy) is 1. The fourth-order valence-electron chi connectivity index (χ4n) is 3.86. The predicted molar refractivity (Wildman–Crippen MR) is 129 cm³/mol. The molecule has 0 radical (unpaired) electrons. The van der Waals surface area contributed by atoms with Crippen molar-refractivity contribution in [3.8, 4) is 0 Å². The highest BCUT2D eigenvalue weighted by atomic mass is 127. The van der Waals surface area contributed by atoms with E-state index >= 15 is 0 Å². The molecule has 0 bridgehead atoms. The molecule has 2 rings (SSSR count). The third-order valence-corrected chi connectivity index (χ3v) is 5.42. The van der Waals surface area contributed by atoms with E-state index in [-0.39, 0.29) is 24.0 Å². The van der Waals surface area contributed by atoms with Crippen LogP contribution in [0.2, 0.25) is 0 Å². The van der Waals surface area contributed by atoms with Crippen LogP contribution in [0.15, 0.2) is 29.3 Å². The number of benzene rings is 1. The van der Waals surface area contributed by atoms with Crippen molar-refractivity contribution in [2.24, 2.45) is 10.4 Å². The van der Waals surface area contributed by atoms with Crippen molar-refractivity contribution in [1.29, 1.82) is 0 Å². The largest absolute Gasteiger partial charge is 0.385 e. The van der Waals surface area contributed by atoms with Crippen molar-refractivity contribution < 1.29 is 4.74 Å². The predicted octanol–water partition coefficient (Wildman–Crippen LogP) is 4.02. The fraction of sp³-hybridized carbons (Fsp3) is 0.682. The first-order valence-electron chi connectivity index (χ1n) is 10.3. The number of hydrogen-bond acceptors (Lipinski definition) is 3. The summed E-state index contributed by atoms with van der Waals surface area (Å²) < 4.78 is 5.35. The molecule has 1 aromatic rings. The molecule has 1 aliphatic carbocycles. The molecule has 0 spiro atoms. The van der Waals surface area contributed by atoms with Crippen LogP contribution in [0, 0.1) is 5.41 Å². The van der Waals surface area contributed by atoms with E-state index in [2.05, 4.69) is 60.8 Å². The van der Waals surface area contributed by atoms with E-state index in [1.807, 2.05) is 0 Å². The highest BCUT2D eigenvalue weighted by molar-refractivity contribution is 14.0. The van der Waals surface area contributed by atoms with Gasteiger partial charge in [-0.2, -0.15) is 0 Å². The van der Waals surface area contributed by atoms with Gasteiger partial charge >= 0.3 is 0 Å². The Morgan fingerprint density at radius 3 is 2.32 bits per heavy atom. The number of nitrogens with one attached hydrogen (secondary N) is 2. The van der Waals surface area contributed by atoms with Crippen molar-refractivity contribution >= 4 is 29.9 Å². The van der Waals surface area contributed by atoms with Gasteiger partial charge in [0, 0.05) is 33.4 Å². The third-order valence-electron chi connectivity index (χ3n) is 5.42. The number of hydrogen-bond donors (Lipinski definition) is 2. The molecule has 0 saturated heterocycles. The molecule has 2 N–H and O–H groups in total. The van der Waals surface area contributed by atoms with Gasteiger partial charge in [0.1, 0.15) is 0 Å². The van der Waals surface area contributed by atoms with Gasteiger partial charge in [-0.3, -0.25) is 0 Å². The molecule has 28 heavy (non-hydrogen) atoms. The van der Waals surface area contributed by atoms with Crippen LogP contribution < -0.4 is 10.6 Å². The third kappa shape index (κ3) is 8.66. The average molecular weight is 502 g/mol. The van der Waals surface area contributed by atoms with Gasteiger partial charge in [0.05, 0.1) is 6.54 Å². The lowest BCUT2D eigenvalue weighted by molar-refractivity contribution is 0.138. The number of guanidine groups is 1. The van der Waals surface area contributed by atoms with Gasteiger partial charge in [0.15, 0.2) is 5.96 Å². The molecule has 1 fully saturated rings. The minimum absolute atomic E-state index is 0. The fourth-order valence-corrected chi connectivity index (χ4v) is 3.86. The van der Waals surface area contributed by atoms with Crippen molar-refractivity contribution in [2.45, 2.75) is 52.1 Å². The van der Waals surface area contributed by atoms with E-state index < -0.39 is 0 Å². The molecule has 6 heteroatoms. The molecule has 1 aliphatic rings. The Labute approximate surface area is 188 Å². The highest BCUT2D eigenvalue weighted by Crippen LogP contribution is 2.40. The Hall–Kier alpha value is -0.860. The maximum absolute atomic E-state index is 5.35. The zero-order valence-electron chi connectivity index (χ0n) is 18.1. The van der Waals surface area contributed by atoms with Crippen molar-refractivity contribution in [2.75, 3.05) is 40.9 Å². The molecule has 160 valence electrons. The first kappa shape index (κ1) is 25.2. The number of halogens is 1. The second kappa shape index (κ2) is 13.4. The topological polar surface area (TPSA) is 48.9 Å².